The van der Waals surface area contributed by atoms with Crippen molar-refractivity contribution in [1.82, 2.24) is 0 Å². The van der Waals surface area contributed by atoms with Crippen molar-refractivity contribution < 1.29 is 4.79 Å². The van der Waals surface area contributed by atoms with Crippen LogP contribution in [0, 0.1) is 6.07 Å². The monoisotopic (exact) mass is 196 g/mol. The molecular formula is C13H10NO. The lowest BCUT2D eigenvalue weighted by Crippen LogP contribution is -2.00. The van der Waals surface area contributed by atoms with Crippen LogP contribution in [0.2, 0.25) is 0 Å². The van der Waals surface area contributed by atoms with E-state index in [4.69, 9.17) is 5.73 Å². The number of anilines is 1. The minimum Gasteiger partial charge on any atom is -0.398 e. The first-order valence-electron chi connectivity index (χ1n) is 4.64. The molecule has 0 aliphatic heterocycles. The number of nitrogens with two attached hydrogens (primary N) is 1. The largest absolute Gasteiger partial charge is 0.398 e. The van der Waals surface area contributed by atoms with Gasteiger partial charge >= 0.3 is 0 Å². The fourth-order valence-corrected chi connectivity index (χ4v) is 1.33. The minimum absolute atomic E-state index is 0.00755. The van der Waals surface area contributed by atoms with Crippen LogP contribution in [0.15, 0.2) is 48.5 Å². The molecular weight excluding hydrogens is 186 g/mol. The van der Waals surface area contributed by atoms with Gasteiger partial charge in [0.2, 0.25) is 0 Å². The lowest BCUT2D eigenvalue weighted by Gasteiger charge is -2.00. The van der Waals surface area contributed by atoms with Gasteiger partial charge in [-0.2, -0.15) is 0 Å². The van der Waals surface area contributed by atoms with Gasteiger partial charge in [-0.25, -0.2) is 0 Å². The van der Waals surface area contributed by atoms with Crippen LogP contribution in [0.1, 0.15) is 15.9 Å². The normalized spacial score (nSPS) is 9.87. The molecule has 2 rings (SSSR count). The molecule has 1 radical (unpaired) electrons. The number of nitrogen functional groups attached to an aromatic ring is 1. The van der Waals surface area contributed by atoms with Crippen molar-refractivity contribution >= 4 is 11.5 Å². The van der Waals surface area contributed by atoms with Gasteiger partial charge in [0.15, 0.2) is 5.78 Å². The molecule has 0 unspecified atom stereocenters. The Hall–Kier alpha value is -2.09. The van der Waals surface area contributed by atoms with Crippen molar-refractivity contribution in [3.63, 3.8) is 0 Å². The van der Waals surface area contributed by atoms with Crippen molar-refractivity contribution in [2.45, 2.75) is 0 Å². The van der Waals surface area contributed by atoms with Crippen molar-refractivity contribution in [3.05, 3.63) is 65.7 Å². The average molecular weight is 196 g/mol. The second-order valence-electron chi connectivity index (χ2n) is 3.23. The Balaban J connectivity index is 2.33. The molecule has 0 bridgehead atoms. The van der Waals surface area contributed by atoms with Crippen LogP contribution in [0.25, 0.3) is 0 Å². The van der Waals surface area contributed by atoms with Crippen molar-refractivity contribution in [2.75, 3.05) is 5.73 Å². The van der Waals surface area contributed by atoms with Crippen molar-refractivity contribution in [1.29, 1.82) is 0 Å². The molecule has 0 aromatic heterocycles. The predicted octanol–water partition coefficient (Wildman–Crippen LogP) is 2.30. The highest BCUT2D eigenvalue weighted by atomic mass is 16.1. The molecule has 2 aromatic carbocycles. The van der Waals surface area contributed by atoms with E-state index in [-0.39, 0.29) is 5.78 Å². The Kier molecular flexibility index (Phi) is 2.50. The zero-order valence-corrected chi connectivity index (χ0v) is 8.10. The maximum Gasteiger partial charge on any atom is 0.193 e. The molecule has 0 fully saturated rings. The molecule has 0 heterocycles. The highest BCUT2D eigenvalue weighted by Crippen LogP contribution is 2.10. The molecule has 2 heteroatoms. The molecule has 0 atom stereocenters. The zero-order valence-electron chi connectivity index (χ0n) is 8.10. The Bertz CT molecular complexity index is 460. The summed E-state index contributed by atoms with van der Waals surface area (Å²) in [6, 6.07) is 17.0. The second-order valence-corrected chi connectivity index (χ2v) is 3.23. The standard InChI is InChI=1S/C13H10NO/c14-12-8-6-11(7-9-12)13(15)10-4-2-1-3-5-10/h1-8H,14H2. The lowest BCUT2D eigenvalue weighted by atomic mass is 10.0. The summed E-state index contributed by atoms with van der Waals surface area (Å²) in [4.78, 5) is 11.9. The van der Waals surface area contributed by atoms with Crippen molar-refractivity contribution in [3.8, 4) is 0 Å². The van der Waals surface area contributed by atoms with E-state index in [1.165, 1.54) is 0 Å². The summed E-state index contributed by atoms with van der Waals surface area (Å²) in [6.07, 6.45) is 0. The van der Waals surface area contributed by atoms with Gasteiger partial charge in [0, 0.05) is 22.9 Å². The first-order valence-corrected chi connectivity index (χ1v) is 4.64. The predicted molar refractivity (Wildman–Crippen MR) is 59.6 cm³/mol. The molecule has 2 aromatic rings. The number of rotatable bonds is 2. The molecule has 2 nitrogen and oxygen atoms in total. The van der Waals surface area contributed by atoms with Gasteiger partial charge in [-0.3, -0.25) is 4.79 Å². The van der Waals surface area contributed by atoms with Crippen molar-refractivity contribution in [2.24, 2.45) is 0 Å². The number of carbonyl (C=O) groups excluding carboxylic acids is 1. The summed E-state index contributed by atoms with van der Waals surface area (Å²) >= 11 is 0. The summed E-state index contributed by atoms with van der Waals surface area (Å²) < 4.78 is 0. The van der Waals surface area contributed by atoms with Crippen LogP contribution in [0.3, 0.4) is 0 Å². The molecule has 2 N–H and O–H groups in total. The van der Waals surface area contributed by atoms with Gasteiger partial charge in [-0.15, -0.1) is 0 Å². The molecule has 0 amide bonds. The third-order valence-electron chi connectivity index (χ3n) is 2.13. The van der Waals surface area contributed by atoms with Crippen LogP contribution < -0.4 is 5.73 Å². The Morgan fingerprint density at radius 2 is 1.73 bits per heavy atom. The first kappa shape index (κ1) is 9.46. The first-order chi connectivity index (χ1) is 7.27. The SMILES string of the molecule is Nc1[c]cc(C(=O)c2ccccc2)cc1. The van der Waals surface area contributed by atoms with E-state index in [2.05, 4.69) is 6.07 Å². The molecule has 0 saturated heterocycles. The van der Waals surface area contributed by atoms with Crippen LogP contribution >= 0.6 is 0 Å². The highest BCUT2D eigenvalue weighted by molar-refractivity contribution is 6.09. The summed E-state index contributed by atoms with van der Waals surface area (Å²) in [5.74, 6) is -0.00755. The van der Waals surface area contributed by atoms with E-state index in [1.807, 2.05) is 18.2 Å². The number of hydrogen-bond acceptors (Lipinski definition) is 2. The van der Waals surface area contributed by atoms with Crippen LogP contribution in [-0.2, 0) is 0 Å². The molecule has 73 valence electrons. The van der Waals surface area contributed by atoms with Gasteiger partial charge in [0.25, 0.3) is 0 Å². The number of ketones is 1. The maximum atomic E-state index is 11.9. The van der Waals surface area contributed by atoms with E-state index in [1.54, 1.807) is 30.3 Å². The molecule has 0 saturated carbocycles. The number of carbonyl (C=O) groups is 1. The fraction of sp³-hybridized carbons (Fsp3) is 0. The molecule has 15 heavy (non-hydrogen) atoms. The van der Waals surface area contributed by atoms with Gasteiger partial charge < -0.3 is 5.73 Å². The van der Waals surface area contributed by atoms with Gasteiger partial charge in [0.1, 0.15) is 0 Å². The van der Waals surface area contributed by atoms with Gasteiger partial charge in [-0.1, -0.05) is 30.3 Å². The topological polar surface area (TPSA) is 43.1 Å². The third-order valence-corrected chi connectivity index (χ3v) is 2.13. The summed E-state index contributed by atoms with van der Waals surface area (Å²) in [5.41, 5.74) is 7.32. The summed E-state index contributed by atoms with van der Waals surface area (Å²) in [5, 5.41) is 0. The van der Waals surface area contributed by atoms with Gasteiger partial charge in [0.05, 0.1) is 0 Å². The van der Waals surface area contributed by atoms with Crippen LogP contribution in [0.5, 0.6) is 0 Å². The van der Waals surface area contributed by atoms with E-state index in [0.717, 1.165) is 0 Å². The Labute approximate surface area is 88.4 Å². The van der Waals surface area contributed by atoms with E-state index in [9.17, 15) is 4.79 Å². The van der Waals surface area contributed by atoms with E-state index < -0.39 is 0 Å². The fourth-order valence-electron chi connectivity index (χ4n) is 1.33. The minimum atomic E-state index is -0.00755. The smallest absolute Gasteiger partial charge is 0.193 e. The molecule has 0 spiro atoms. The lowest BCUT2D eigenvalue weighted by molar-refractivity contribution is 0.103. The number of benzene rings is 2. The highest BCUT2D eigenvalue weighted by Gasteiger charge is 2.07. The average Bonchev–Trinajstić information content (AvgIpc) is 2.30. The Morgan fingerprint density at radius 1 is 1.00 bits per heavy atom. The summed E-state index contributed by atoms with van der Waals surface area (Å²) in [6.45, 7) is 0. The summed E-state index contributed by atoms with van der Waals surface area (Å²) in [7, 11) is 0. The second kappa shape index (κ2) is 3.96. The Morgan fingerprint density at radius 3 is 2.33 bits per heavy atom. The number of hydrogen-bond donors (Lipinski definition) is 1. The molecule has 0 aliphatic carbocycles. The third kappa shape index (κ3) is 2.05. The quantitative estimate of drug-likeness (QED) is 0.591. The van der Waals surface area contributed by atoms with E-state index >= 15 is 0 Å². The zero-order chi connectivity index (χ0) is 10.7. The van der Waals surface area contributed by atoms with Crippen LogP contribution in [0.4, 0.5) is 5.69 Å². The maximum absolute atomic E-state index is 11.9. The molecule has 0 aliphatic rings. The van der Waals surface area contributed by atoms with Gasteiger partial charge in [-0.05, 0) is 18.2 Å². The van der Waals surface area contributed by atoms with Crippen LogP contribution in [-0.4, -0.2) is 5.78 Å². The van der Waals surface area contributed by atoms with E-state index in [0.29, 0.717) is 16.8 Å².